The lowest BCUT2D eigenvalue weighted by molar-refractivity contribution is -0.385. The number of amides is 1. The average Bonchev–Trinajstić information content (AvgIpc) is 2.84. The van der Waals surface area contributed by atoms with Crippen molar-refractivity contribution in [3.8, 4) is 17.0 Å². The van der Waals surface area contributed by atoms with Crippen molar-refractivity contribution in [2.75, 3.05) is 24.7 Å². The van der Waals surface area contributed by atoms with Crippen molar-refractivity contribution in [2.45, 2.75) is 25.0 Å². The van der Waals surface area contributed by atoms with Gasteiger partial charge in [-0.2, -0.15) is 4.36 Å². The molecule has 1 heterocycles. The van der Waals surface area contributed by atoms with Crippen LogP contribution in [0.5, 0.6) is 5.75 Å². The number of benzene rings is 2. The van der Waals surface area contributed by atoms with E-state index in [9.17, 15) is 28.2 Å². The summed E-state index contributed by atoms with van der Waals surface area (Å²) in [5, 5.41) is 22.9. The second kappa shape index (κ2) is 13.4. The molecule has 0 aliphatic carbocycles. The van der Waals surface area contributed by atoms with Crippen molar-refractivity contribution in [1.29, 1.82) is 0 Å². The smallest absolute Gasteiger partial charge is 0.437 e. The number of non-ortho nitro benzene ring substituents is 1. The van der Waals surface area contributed by atoms with Gasteiger partial charge in [-0.05, 0) is 66.9 Å². The first-order valence-electron chi connectivity index (χ1n) is 11.6. The Labute approximate surface area is 228 Å². The zero-order valence-corrected chi connectivity index (χ0v) is 22.3. The molecule has 0 saturated carbocycles. The standard InChI is InChI=1S/C24H26ClF2N5O6S/c1-39(37,31-24(33)34)14-15-9-17(32(35)36)12-18(10-15)38-8-4-2-3-7-28-21-11-16(5-6-19(21)26)22-20(27)13-29-23(25)30-22/h5-6,9-13,28,39H,2-4,7-8,14H2,1H3,(H,31,37)(H,33,34). The van der Waals surface area contributed by atoms with E-state index in [-0.39, 0.29) is 40.5 Å². The van der Waals surface area contributed by atoms with Crippen molar-refractivity contribution < 1.29 is 32.9 Å². The lowest BCUT2D eigenvalue weighted by atomic mass is 10.1. The van der Waals surface area contributed by atoms with Gasteiger partial charge in [-0.1, -0.05) is 10.1 Å². The van der Waals surface area contributed by atoms with E-state index in [4.69, 9.17) is 21.4 Å². The number of rotatable bonds is 12. The number of unbranched alkanes of at least 4 members (excludes halogenated alkanes) is 2. The Morgan fingerprint density at radius 3 is 2.69 bits per heavy atom. The highest BCUT2D eigenvalue weighted by Gasteiger charge is 2.15. The number of hydrogen-bond donors (Lipinski definition) is 4. The number of halogens is 3. The van der Waals surface area contributed by atoms with Crippen molar-refractivity contribution >= 4 is 39.2 Å². The SMILES string of the molecule is C[SH](O)(Cc1cc(OCCCCCNc2cc(-c3nc(Cl)ncc3F)ccc2F)cc([N+](=O)[O-])c1)=NC(=O)O. The maximum atomic E-state index is 14.2. The fourth-order valence-electron chi connectivity index (χ4n) is 3.66. The molecule has 3 N–H and O–H groups in total. The highest BCUT2D eigenvalue weighted by Crippen LogP contribution is 2.27. The van der Waals surface area contributed by atoms with Gasteiger partial charge >= 0.3 is 6.09 Å². The number of hydrogen-bond acceptors (Lipinski definition) is 7. The number of carbonyl (C=O) groups is 1. The molecule has 15 heteroatoms. The molecule has 0 aliphatic heterocycles. The summed E-state index contributed by atoms with van der Waals surface area (Å²) in [5.41, 5.74) is 0.554. The summed E-state index contributed by atoms with van der Waals surface area (Å²) in [6.07, 6.45) is 2.64. The van der Waals surface area contributed by atoms with E-state index in [1.165, 1.54) is 42.7 Å². The molecular formula is C24H26ClF2N5O6S. The summed E-state index contributed by atoms with van der Waals surface area (Å²) in [6.45, 7) is 0.656. The van der Waals surface area contributed by atoms with Gasteiger partial charge in [0.25, 0.3) is 5.69 Å². The van der Waals surface area contributed by atoms with E-state index in [1.54, 1.807) is 0 Å². The van der Waals surface area contributed by atoms with Gasteiger partial charge < -0.3 is 19.7 Å². The van der Waals surface area contributed by atoms with Crippen molar-refractivity contribution in [2.24, 2.45) is 4.36 Å². The van der Waals surface area contributed by atoms with Crippen LogP contribution in [0.4, 0.5) is 25.0 Å². The number of anilines is 1. The van der Waals surface area contributed by atoms with Crippen LogP contribution in [0.25, 0.3) is 11.3 Å². The van der Waals surface area contributed by atoms with E-state index >= 15 is 0 Å². The van der Waals surface area contributed by atoms with E-state index in [1.807, 2.05) is 0 Å². The number of aromatic nitrogens is 2. The van der Waals surface area contributed by atoms with Crippen LogP contribution in [-0.4, -0.2) is 50.1 Å². The molecule has 39 heavy (non-hydrogen) atoms. The number of thiol groups is 1. The van der Waals surface area contributed by atoms with Crippen LogP contribution >= 0.6 is 11.6 Å². The van der Waals surface area contributed by atoms with Crippen molar-refractivity contribution in [3.05, 3.63) is 75.2 Å². The molecule has 0 unspecified atom stereocenters. The molecule has 1 amide bonds. The van der Waals surface area contributed by atoms with Crippen LogP contribution in [0, 0.1) is 21.7 Å². The molecule has 0 fully saturated rings. The third-order valence-electron chi connectivity index (χ3n) is 5.30. The van der Waals surface area contributed by atoms with Crippen LogP contribution in [0.2, 0.25) is 5.28 Å². The van der Waals surface area contributed by atoms with E-state index in [2.05, 4.69) is 19.6 Å². The number of ether oxygens (including phenoxy) is 1. The van der Waals surface area contributed by atoms with Crippen molar-refractivity contribution in [3.63, 3.8) is 0 Å². The third-order valence-corrected chi connectivity index (χ3v) is 7.05. The lowest BCUT2D eigenvalue weighted by Crippen LogP contribution is -2.13. The molecule has 0 aliphatic rings. The third kappa shape index (κ3) is 9.19. The Hall–Kier alpha value is -3.75. The van der Waals surface area contributed by atoms with Gasteiger partial charge in [-0.15, -0.1) is 0 Å². The molecule has 0 bridgehead atoms. The number of nitro benzene ring substituents is 1. The lowest BCUT2D eigenvalue weighted by Gasteiger charge is -2.17. The first-order valence-corrected chi connectivity index (χ1v) is 14.3. The molecular weight excluding hydrogens is 560 g/mol. The average molecular weight is 586 g/mol. The monoisotopic (exact) mass is 585 g/mol. The van der Waals surface area contributed by atoms with Gasteiger partial charge in [-0.25, -0.2) is 23.5 Å². The Bertz CT molecular complexity index is 1420. The maximum Gasteiger partial charge on any atom is 0.437 e. The Balaban J connectivity index is 1.51. The van der Waals surface area contributed by atoms with Gasteiger partial charge in [0.1, 0.15) is 17.3 Å². The molecule has 0 saturated heterocycles. The summed E-state index contributed by atoms with van der Waals surface area (Å²) in [6, 6.07) is 8.02. The number of nitrogens with one attached hydrogen (secondary N) is 1. The van der Waals surface area contributed by atoms with Crippen LogP contribution in [0.1, 0.15) is 24.8 Å². The summed E-state index contributed by atoms with van der Waals surface area (Å²) in [5.74, 6) is -1.14. The van der Waals surface area contributed by atoms with Gasteiger partial charge in [0.05, 0.1) is 29.5 Å². The second-order valence-corrected chi connectivity index (χ2v) is 11.6. The van der Waals surface area contributed by atoms with Gasteiger partial charge in [0.15, 0.2) is 5.82 Å². The predicted octanol–water partition coefficient (Wildman–Crippen LogP) is 6.00. The molecule has 11 nitrogen and oxygen atoms in total. The molecule has 210 valence electrons. The number of nitro groups is 1. The van der Waals surface area contributed by atoms with Crippen LogP contribution in [0.3, 0.4) is 0 Å². The number of carboxylic acid groups (broad SMARTS) is 1. The fourth-order valence-corrected chi connectivity index (χ4v) is 5.11. The minimum atomic E-state index is -3.21. The second-order valence-electron chi connectivity index (χ2n) is 8.59. The maximum absolute atomic E-state index is 14.2. The quantitative estimate of drug-likeness (QED) is 0.0657. The van der Waals surface area contributed by atoms with Crippen LogP contribution < -0.4 is 10.1 Å². The predicted molar refractivity (Wildman–Crippen MR) is 145 cm³/mol. The Kier molecular flexibility index (Phi) is 10.2. The summed E-state index contributed by atoms with van der Waals surface area (Å²) < 4.78 is 47.5. The molecule has 0 atom stereocenters. The van der Waals surface area contributed by atoms with Gasteiger partial charge in [0.2, 0.25) is 5.28 Å². The zero-order valence-electron chi connectivity index (χ0n) is 20.7. The van der Waals surface area contributed by atoms with Gasteiger partial charge in [-0.3, -0.25) is 10.1 Å². The highest BCUT2D eigenvalue weighted by molar-refractivity contribution is 7.98. The van der Waals surface area contributed by atoms with E-state index < -0.39 is 32.8 Å². The highest BCUT2D eigenvalue weighted by atomic mass is 35.5. The summed E-state index contributed by atoms with van der Waals surface area (Å²) in [7, 11) is -3.21. The Morgan fingerprint density at radius 2 is 1.97 bits per heavy atom. The Morgan fingerprint density at radius 1 is 1.21 bits per heavy atom. The van der Waals surface area contributed by atoms with Crippen LogP contribution in [0.15, 0.2) is 47.0 Å². The van der Waals surface area contributed by atoms with Crippen molar-refractivity contribution in [1.82, 2.24) is 9.97 Å². The largest absolute Gasteiger partial charge is 0.493 e. The summed E-state index contributed by atoms with van der Waals surface area (Å²) >= 11 is 5.74. The minimum Gasteiger partial charge on any atom is -0.493 e. The first kappa shape index (κ1) is 29.8. The van der Waals surface area contributed by atoms with E-state index in [0.717, 1.165) is 6.20 Å². The topological polar surface area (TPSA) is 160 Å². The van der Waals surface area contributed by atoms with Gasteiger partial charge in [0, 0.05) is 23.9 Å². The molecule has 3 aromatic rings. The molecule has 3 rings (SSSR count). The normalized spacial score (nSPS) is 11.6. The first-order chi connectivity index (χ1) is 18.4. The zero-order chi connectivity index (χ0) is 28.6. The molecule has 2 aromatic carbocycles. The minimum absolute atomic E-state index is 0.0405. The molecule has 1 aromatic heterocycles. The summed E-state index contributed by atoms with van der Waals surface area (Å²) in [4.78, 5) is 28.9. The van der Waals surface area contributed by atoms with E-state index in [0.29, 0.717) is 36.9 Å². The molecule has 0 spiro atoms. The number of nitrogens with zero attached hydrogens (tertiary/aromatic N) is 4. The molecule has 0 radical (unpaired) electrons. The van der Waals surface area contributed by atoms with Crippen LogP contribution in [-0.2, 0) is 15.9 Å². The fraction of sp³-hybridized carbons (Fsp3) is 0.292.